The summed E-state index contributed by atoms with van der Waals surface area (Å²) >= 11 is 11.8. The standard InChI is InChI=1S/C17H19Cl2NO5/c1-17(2)24-14(16(22)25-17)13(23-3)15(21)20-8-4-5-10-6-7-11(18)12(19)9-10/h6-7,9H,4-5,8H2,1-3H3,(H,20,21). The summed E-state index contributed by atoms with van der Waals surface area (Å²) in [6.07, 6.45) is 1.38. The fourth-order valence-corrected chi connectivity index (χ4v) is 2.60. The first-order chi connectivity index (χ1) is 11.7. The number of esters is 1. The Labute approximate surface area is 156 Å². The van der Waals surface area contributed by atoms with E-state index in [9.17, 15) is 9.59 Å². The van der Waals surface area contributed by atoms with Crippen LogP contribution in [0.15, 0.2) is 29.7 Å². The Morgan fingerprint density at radius 1 is 1.24 bits per heavy atom. The molecule has 0 atom stereocenters. The van der Waals surface area contributed by atoms with Crippen molar-refractivity contribution in [1.29, 1.82) is 0 Å². The lowest BCUT2D eigenvalue weighted by Gasteiger charge is -2.14. The molecule has 1 N–H and O–H groups in total. The highest BCUT2D eigenvalue weighted by Gasteiger charge is 2.41. The van der Waals surface area contributed by atoms with Crippen molar-refractivity contribution < 1.29 is 23.8 Å². The van der Waals surface area contributed by atoms with Gasteiger partial charge in [0.25, 0.3) is 11.7 Å². The van der Waals surface area contributed by atoms with Gasteiger partial charge in [0.15, 0.2) is 0 Å². The monoisotopic (exact) mass is 387 g/mol. The molecule has 1 amide bonds. The van der Waals surface area contributed by atoms with Crippen molar-refractivity contribution in [1.82, 2.24) is 5.32 Å². The van der Waals surface area contributed by atoms with Crippen LogP contribution < -0.4 is 5.32 Å². The lowest BCUT2D eigenvalue weighted by molar-refractivity contribution is -0.159. The summed E-state index contributed by atoms with van der Waals surface area (Å²) in [5.74, 6) is -2.82. The summed E-state index contributed by atoms with van der Waals surface area (Å²) < 4.78 is 15.3. The smallest absolute Gasteiger partial charge is 0.381 e. The number of amides is 1. The third-order valence-corrected chi connectivity index (χ3v) is 4.14. The molecule has 25 heavy (non-hydrogen) atoms. The molecule has 0 aliphatic carbocycles. The number of benzene rings is 1. The number of nitrogens with one attached hydrogen (secondary N) is 1. The van der Waals surface area contributed by atoms with Crippen LogP contribution in [-0.4, -0.2) is 31.3 Å². The summed E-state index contributed by atoms with van der Waals surface area (Å²) in [5, 5.41) is 3.68. The Hall–Kier alpha value is -1.92. The van der Waals surface area contributed by atoms with Crippen LogP contribution in [0.4, 0.5) is 0 Å². The van der Waals surface area contributed by atoms with Crippen molar-refractivity contribution in [2.45, 2.75) is 32.5 Å². The van der Waals surface area contributed by atoms with E-state index >= 15 is 0 Å². The molecule has 2 rings (SSSR count). The fraction of sp³-hybridized carbons (Fsp3) is 0.412. The van der Waals surface area contributed by atoms with E-state index < -0.39 is 17.7 Å². The van der Waals surface area contributed by atoms with Gasteiger partial charge in [0.1, 0.15) is 0 Å². The number of cyclic esters (lactones) is 1. The van der Waals surface area contributed by atoms with Gasteiger partial charge in [0.2, 0.25) is 11.5 Å². The van der Waals surface area contributed by atoms with E-state index in [-0.39, 0.29) is 11.5 Å². The maximum absolute atomic E-state index is 12.2. The molecule has 1 aromatic rings. The van der Waals surface area contributed by atoms with Gasteiger partial charge in [-0.05, 0) is 30.5 Å². The summed E-state index contributed by atoms with van der Waals surface area (Å²) in [6.45, 7) is 3.53. The van der Waals surface area contributed by atoms with E-state index in [0.29, 0.717) is 29.4 Å². The van der Waals surface area contributed by atoms with Gasteiger partial charge in [-0.2, -0.15) is 0 Å². The fourth-order valence-electron chi connectivity index (χ4n) is 2.28. The van der Waals surface area contributed by atoms with E-state index in [4.69, 9.17) is 37.4 Å². The van der Waals surface area contributed by atoms with Gasteiger partial charge < -0.3 is 19.5 Å². The lowest BCUT2D eigenvalue weighted by atomic mass is 10.1. The van der Waals surface area contributed by atoms with E-state index in [1.165, 1.54) is 7.11 Å². The SMILES string of the molecule is COC(C(=O)NCCCc1ccc(Cl)c(Cl)c1)=C1OC(C)(C)OC1=O. The molecule has 1 fully saturated rings. The third kappa shape index (κ3) is 5.03. The first-order valence-electron chi connectivity index (χ1n) is 7.66. The maximum atomic E-state index is 12.2. The minimum atomic E-state index is -1.12. The average molecular weight is 388 g/mol. The molecule has 1 saturated heterocycles. The molecule has 1 aliphatic rings. The molecular weight excluding hydrogens is 369 g/mol. The van der Waals surface area contributed by atoms with Crippen molar-refractivity contribution in [3.63, 3.8) is 0 Å². The van der Waals surface area contributed by atoms with Crippen molar-refractivity contribution in [3.8, 4) is 0 Å². The second kappa shape index (κ2) is 7.97. The topological polar surface area (TPSA) is 73.9 Å². The van der Waals surface area contributed by atoms with Crippen LogP contribution in [0.5, 0.6) is 0 Å². The van der Waals surface area contributed by atoms with E-state index in [2.05, 4.69) is 5.32 Å². The predicted molar refractivity (Wildman–Crippen MR) is 93.1 cm³/mol. The Bertz CT molecular complexity index is 715. The van der Waals surface area contributed by atoms with Crippen molar-refractivity contribution in [2.24, 2.45) is 0 Å². The van der Waals surface area contributed by atoms with Gasteiger partial charge in [-0.25, -0.2) is 4.79 Å². The summed E-state index contributed by atoms with van der Waals surface area (Å²) in [4.78, 5) is 24.0. The Balaban J connectivity index is 1.90. The van der Waals surface area contributed by atoms with Gasteiger partial charge in [0.05, 0.1) is 17.2 Å². The highest BCUT2D eigenvalue weighted by molar-refractivity contribution is 6.42. The second-order valence-electron chi connectivity index (χ2n) is 5.86. The summed E-state index contributed by atoms with van der Waals surface area (Å²) in [7, 11) is 1.29. The van der Waals surface area contributed by atoms with Gasteiger partial charge >= 0.3 is 5.97 Å². The number of rotatable bonds is 6. The normalized spacial score (nSPS) is 17.6. The Kier molecular flexibility index (Phi) is 6.19. The largest absolute Gasteiger partial charge is 0.488 e. The minimum absolute atomic E-state index is 0.204. The van der Waals surface area contributed by atoms with Crippen LogP contribution >= 0.6 is 23.2 Å². The van der Waals surface area contributed by atoms with Crippen molar-refractivity contribution in [3.05, 3.63) is 45.3 Å². The van der Waals surface area contributed by atoms with Crippen LogP contribution in [0.25, 0.3) is 0 Å². The summed E-state index contributed by atoms with van der Waals surface area (Å²) in [5.41, 5.74) is 1.01. The molecule has 0 unspecified atom stereocenters. The van der Waals surface area contributed by atoms with Gasteiger partial charge in [-0.3, -0.25) is 4.79 Å². The molecule has 1 aliphatic heterocycles. The van der Waals surface area contributed by atoms with Crippen LogP contribution in [0.1, 0.15) is 25.8 Å². The quantitative estimate of drug-likeness (QED) is 0.351. The molecule has 0 bridgehead atoms. The number of aryl methyl sites for hydroxylation is 1. The molecule has 0 radical (unpaired) electrons. The zero-order chi connectivity index (χ0) is 18.6. The molecule has 6 nitrogen and oxygen atoms in total. The molecule has 0 aromatic heterocycles. The highest BCUT2D eigenvalue weighted by Crippen LogP contribution is 2.28. The highest BCUT2D eigenvalue weighted by atomic mass is 35.5. The number of methoxy groups -OCH3 is 1. The number of hydrogen-bond acceptors (Lipinski definition) is 5. The third-order valence-electron chi connectivity index (χ3n) is 3.40. The van der Waals surface area contributed by atoms with Crippen LogP contribution in [0, 0.1) is 0 Å². The lowest BCUT2D eigenvalue weighted by Crippen LogP contribution is -2.29. The summed E-state index contributed by atoms with van der Waals surface area (Å²) in [6, 6.07) is 5.40. The first kappa shape index (κ1) is 19.4. The number of carbonyl (C=O) groups excluding carboxylic acids is 2. The predicted octanol–water partition coefficient (Wildman–Crippen LogP) is 3.21. The van der Waals surface area contributed by atoms with E-state index in [1.54, 1.807) is 26.0 Å². The Morgan fingerprint density at radius 2 is 1.96 bits per heavy atom. The van der Waals surface area contributed by atoms with E-state index in [0.717, 1.165) is 5.56 Å². The number of ether oxygens (including phenoxy) is 3. The second-order valence-corrected chi connectivity index (χ2v) is 6.68. The van der Waals surface area contributed by atoms with Gasteiger partial charge in [-0.15, -0.1) is 0 Å². The molecule has 0 saturated carbocycles. The minimum Gasteiger partial charge on any atom is -0.488 e. The molecule has 136 valence electrons. The van der Waals surface area contributed by atoms with Gasteiger partial charge in [0, 0.05) is 20.4 Å². The molecule has 8 heteroatoms. The maximum Gasteiger partial charge on any atom is 0.381 e. The molecule has 0 spiro atoms. The zero-order valence-electron chi connectivity index (χ0n) is 14.2. The van der Waals surface area contributed by atoms with Gasteiger partial charge in [-0.1, -0.05) is 29.3 Å². The zero-order valence-corrected chi connectivity index (χ0v) is 15.7. The van der Waals surface area contributed by atoms with Crippen molar-refractivity contribution in [2.75, 3.05) is 13.7 Å². The number of hydrogen-bond donors (Lipinski definition) is 1. The molecule has 1 heterocycles. The molecule has 1 aromatic carbocycles. The average Bonchev–Trinajstić information content (AvgIpc) is 2.81. The van der Waals surface area contributed by atoms with E-state index in [1.807, 2.05) is 6.07 Å². The van der Waals surface area contributed by atoms with Crippen LogP contribution in [0.3, 0.4) is 0 Å². The number of carbonyl (C=O) groups is 2. The number of halogens is 2. The first-order valence-corrected chi connectivity index (χ1v) is 8.42. The van der Waals surface area contributed by atoms with Crippen molar-refractivity contribution >= 4 is 35.1 Å². The Morgan fingerprint density at radius 3 is 2.52 bits per heavy atom. The molecular formula is C17H19Cl2NO5. The van der Waals surface area contributed by atoms with Crippen LogP contribution in [-0.2, 0) is 30.2 Å². The van der Waals surface area contributed by atoms with Crippen LogP contribution in [0.2, 0.25) is 10.0 Å².